The van der Waals surface area contributed by atoms with Gasteiger partial charge in [-0.15, -0.1) is 6.58 Å². The van der Waals surface area contributed by atoms with Crippen LogP contribution in [0.15, 0.2) is 134 Å². The summed E-state index contributed by atoms with van der Waals surface area (Å²) in [5.41, 5.74) is 0.708. The number of ether oxygens (including phenoxy) is 3. The molecule has 1 amide bonds. The van der Waals surface area contributed by atoms with Crippen LogP contribution in [0.1, 0.15) is 117 Å². The number of allylic oxidation sites excluding steroid dienone is 3. The third kappa shape index (κ3) is 21.7. The number of cyclic esters (lactones) is 1. The van der Waals surface area contributed by atoms with E-state index in [-0.39, 0.29) is 47.5 Å². The van der Waals surface area contributed by atoms with Crippen LogP contribution in [0.5, 0.6) is 23.0 Å². The maximum absolute atomic E-state index is 13.1. The first kappa shape index (κ1) is 60.7. The van der Waals surface area contributed by atoms with Gasteiger partial charge in [-0.25, -0.2) is 19.4 Å². The highest BCUT2D eigenvalue weighted by Gasteiger charge is 2.41. The highest BCUT2D eigenvalue weighted by atomic mass is 19.4. The number of hydrogen-bond acceptors (Lipinski definition) is 12. The Labute approximate surface area is 408 Å². The van der Waals surface area contributed by atoms with Gasteiger partial charge in [-0.3, -0.25) is 9.63 Å². The number of phenols is 4. The van der Waals surface area contributed by atoms with E-state index in [4.69, 9.17) is 14.3 Å². The van der Waals surface area contributed by atoms with Crippen LogP contribution in [0, 0.1) is 5.92 Å². The largest absolute Gasteiger partial charge is 0.508 e. The van der Waals surface area contributed by atoms with Gasteiger partial charge in [-0.05, 0) is 73.4 Å². The number of carbonyl (C=O) groups excluding carboxylic acids is 4. The molecule has 4 aromatic carbocycles. The third-order valence-electron chi connectivity index (χ3n) is 9.48. The highest BCUT2D eigenvalue weighted by molar-refractivity contribution is 5.97. The van der Waals surface area contributed by atoms with Gasteiger partial charge in [0.25, 0.3) is 0 Å². The van der Waals surface area contributed by atoms with Crippen molar-refractivity contribution in [2.24, 2.45) is 5.92 Å². The Morgan fingerprint density at radius 2 is 1.46 bits per heavy atom. The maximum atomic E-state index is 13.1. The van der Waals surface area contributed by atoms with Gasteiger partial charge in [-0.1, -0.05) is 126 Å². The van der Waals surface area contributed by atoms with Gasteiger partial charge in [0.2, 0.25) is 5.91 Å². The minimum Gasteiger partial charge on any atom is -0.508 e. The number of hydrogen-bond donors (Lipinski definition) is 4. The van der Waals surface area contributed by atoms with Crippen LogP contribution in [0.4, 0.5) is 13.2 Å². The summed E-state index contributed by atoms with van der Waals surface area (Å²) in [6.07, 6.45) is 6.38. The molecule has 0 aromatic heterocycles. The molecule has 13 nitrogen and oxygen atoms in total. The van der Waals surface area contributed by atoms with Crippen molar-refractivity contribution in [1.29, 1.82) is 0 Å². The minimum absolute atomic E-state index is 0.0193. The van der Waals surface area contributed by atoms with E-state index in [1.165, 1.54) is 30.4 Å². The number of nitrogens with zero attached hydrogens (tertiary/aromatic N) is 1. The fourth-order valence-electron chi connectivity index (χ4n) is 6.23. The quantitative estimate of drug-likeness (QED) is 0.0200. The Morgan fingerprint density at radius 3 is 2.03 bits per heavy atom. The summed E-state index contributed by atoms with van der Waals surface area (Å²) in [6, 6.07) is 25.9. The molecule has 2 atom stereocenters. The van der Waals surface area contributed by atoms with E-state index >= 15 is 0 Å². The van der Waals surface area contributed by atoms with Crippen LogP contribution in [0.25, 0.3) is 6.08 Å². The number of alkyl halides is 3. The summed E-state index contributed by atoms with van der Waals surface area (Å²) in [4.78, 5) is 53.9. The molecule has 0 radical (unpaired) electrons. The lowest BCUT2D eigenvalue weighted by Crippen LogP contribution is -2.28. The number of amides is 1. The number of rotatable bonds is 12. The number of hydroxylamine groups is 2. The first-order valence-electron chi connectivity index (χ1n) is 22.8. The van der Waals surface area contributed by atoms with Crippen LogP contribution in [-0.2, 0) is 35.1 Å². The molecule has 4 aromatic rings. The molecule has 1 unspecified atom stereocenters. The van der Waals surface area contributed by atoms with Crippen molar-refractivity contribution in [2.75, 3.05) is 20.8 Å². The number of benzene rings is 4. The number of fused-ring (bicyclic) bond motifs is 1. The Morgan fingerprint density at radius 1 is 0.871 bits per heavy atom. The Bertz CT molecular complexity index is 2290. The molecule has 70 heavy (non-hydrogen) atoms. The predicted octanol–water partition coefficient (Wildman–Crippen LogP) is 12.3. The number of halogens is 3. The van der Waals surface area contributed by atoms with Crippen LogP contribution < -0.4 is 0 Å². The third-order valence-corrected chi connectivity index (χ3v) is 9.48. The van der Waals surface area contributed by atoms with Crippen molar-refractivity contribution >= 4 is 29.9 Å². The molecule has 0 aliphatic carbocycles. The molecule has 0 fully saturated rings. The molecule has 5 rings (SSSR count). The lowest BCUT2D eigenvalue weighted by Gasteiger charge is -2.23. The predicted molar refractivity (Wildman–Crippen MR) is 263 cm³/mol. The van der Waals surface area contributed by atoms with Crippen molar-refractivity contribution in [3.63, 3.8) is 0 Å². The molecule has 0 spiro atoms. The van der Waals surface area contributed by atoms with Crippen LogP contribution in [-0.4, -0.2) is 76.2 Å². The van der Waals surface area contributed by atoms with E-state index in [1.807, 2.05) is 107 Å². The fraction of sp³-hybridized carbons (Fsp3) is 0.333. The van der Waals surface area contributed by atoms with Gasteiger partial charge in [-0.2, -0.15) is 13.2 Å². The van der Waals surface area contributed by atoms with Gasteiger partial charge < -0.3 is 34.6 Å². The Balaban J connectivity index is 0.000000590. The summed E-state index contributed by atoms with van der Waals surface area (Å²) in [5.74, 6) is -6.58. The zero-order chi connectivity index (χ0) is 52.6. The van der Waals surface area contributed by atoms with E-state index < -0.39 is 53.0 Å². The molecular weight excluding hydrogens is 912 g/mol. The molecular formula is C54H66F3NO12. The number of esters is 3. The second kappa shape index (κ2) is 33.2. The first-order valence-corrected chi connectivity index (χ1v) is 22.8. The summed E-state index contributed by atoms with van der Waals surface area (Å²) in [5, 5.41) is 41.4. The zero-order valence-corrected chi connectivity index (χ0v) is 40.8. The van der Waals surface area contributed by atoms with E-state index in [1.54, 1.807) is 14.0 Å². The summed E-state index contributed by atoms with van der Waals surface area (Å²) < 4.78 is 52.5. The van der Waals surface area contributed by atoms with Crippen molar-refractivity contribution in [3.8, 4) is 23.0 Å². The van der Waals surface area contributed by atoms with Gasteiger partial charge in [0.15, 0.2) is 0 Å². The lowest BCUT2D eigenvalue weighted by molar-refractivity contribution is -0.194. The molecule has 4 N–H and O–H groups in total. The van der Waals surface area contributed by atoms with Crippen molar-refractivity contribution in [1.82, 2.24) is 5.06 Å². The Kier molecular flexibility index (Phi) is 28.8. The maximum Gasteiger partial charge on any atom is 0.491 e. The molecule has 1 heterocycles. The summed E-state index contributed by atoms with van der Waals surface area (Å²) in [6.45, 7) is 13.1. The standard InChI is InChI=1S/C25H29NO6.C19H19F3O6.C6H6.2C2H6/c1-26(31-2)23(29)14-17-9-5-3-8-12-22(18-10-6-4-7-11-18)32-25(30)24-19(13-17)15-20(27)16-21(24)28;1-3-5-7-14(28-18(26)19(20,21)22)10-12-9-13(23)11-15(24)16(12)17(25)27-8-6-4-2;1-2-4-6-5-3-1;2*1-2/h3-4,6-8,10-11,15-17,22,27-28H,5,9,12-14H2,1-2H3;4-5,7,9-11,23-24H,2-3,6,8H2,1H3;1-6H;2*1-2H3/b8-3+;7-5+,14-10-;;;/t17?,22-;;;;/m0..../s1. The average molecular weight is 978 g/mol. The molecule has 380 valence electrons. The molecule has 0 bridgehead atoms. The molecule has 1 aliphatic heterocycles. The number of aromatic hydroxyl groups is 4. The molecule has 1 aliphatic rings. The highest BCUT2D eigenvalue weighted by Crippen LogP contribution is 2.35. The summed E-state index contributed by atoms with van der Waals surface area (Å²) in [7, 11) is 2.97. The molecule has 16 heteroatoms. The topological polar surface area (TPSA) is 189 Å². The van der Waals surface area contributed by atoms with Crippen LogP contribution in [0.3, 0.4) is 0 Å². The fourth-order valence-corrected chi connectivity index (χ4v) is 6.23. The minimum atomic E-state index is -5.23. The van der Waals surface area contributed by atoms with Gasteiger partial charge in [0.05, 0.1) is 13.7 Å². The van der Waals surface area contributed by atoms with Gasteiger partial charge in [0, 0.05) is 37.6 Å². The van der Waals surface area contributed by atoms with Crippen LogP contribution >= 0.6 is 0 Å². The van der Waals surface area contributed by atoms with E-state index in [2.05, 4.69) is 11.3 Å². The Hall–Kier alpha value is -7.33. The molecule has 0 saturated carbocycles. The van der Waals surface area contributed by atoms with Crippen molar-refractivity contribution in [2.45, 2.75) is 91.8 Å². The molecule has 0 saturated heterocycles. The SMILES string of the molecule is C=CCCOC(=O)c1c(O)cc(O)cc1/C=C(/C=C/CC)OC(=O)C(F)(F)F.CC.CC.CON(C)C(=O)CC1CC/C=C/C[C@@H](c2ccccc2)OC(=O)c2c(O)cc(O)cc2C1.c1ccccc1. The summed E-state index contributed by atoms with van der Waals surface area (Å²) >= 11 is 0. The zero-order valence-electron chi connectivity index (χ0n) is 40.8. The average Bonchev–Trinajstić information content (AvgIpc) is 3.33. The van der Waals surface area contributed by atoms with E-state index in [0.717, 1.165) is 42.3 Å². The van der Waals surface area contributed by atoms with Gasteiger partial charge >= 0.3 is 24.1 Å². The van der Waals surface area contributed by atoms with E-state index in [9.17, 15) is 52.8 Å². The van der Waals surface area contributed by atoms with Crippen molar-refractivity contribution < 1.29 is 71.8 Å². The number of carbonyl (C=O) groups is 4. The second-order valence-corrected chi connectivity index (χ2v) is 14.5. The van der Waals surface area contributed by atoms with Gasteiger partial charge in [0.1, 0.15) is 46.0 Å². The lowest BCUT2D eigenvalue weighted by atomic mass is 9.88. The normalized spacial score (nSPS) is 14.9. The van der Waals surface area contributed by atoms with Crippen LogP contribution in [0.2, 0.25) is 0 Å². The number of phenolic OH excluding ortho intramolecular Hbond substituents is 4. The first-order chi connectivity index (χ1) is 33.5. The monoisotopic (exact) mass is 977 g/mol. The smallest absolute Gasteiger partial charge is 0.491 e. The van der Waals surface area contributed by atoms with Crippen molar-refractivity contribution in [3.05, 3.63) is 162 Å². The second-order valence-electron chi connectivity index (χ2n) is 14.5. The van der Waals surface area contributed by atoms with E-state index in [0.29, 0.717) is 37.7 Å².